The number of hydrogen-bond donors (Lipinski definition) is 1. The number of rotatable bonds is 8. The lowest BCUT2D eigenvalue weighted by atomic mass is 9.82. The summed E-state index contributed by atoms with van der Waals surface area (Å²) >= 11 is 0. The van der Waals surface area contributed by atoms with Gasteiger partial charge in [0.05, 0.1) is 5.52 Å². The van der Waals surface area contributed by atoms with Gasteiger partial charge in [-0.25, -0.2) is 0 Å². The smallest absolute Gasteiger partial charge is 0.254 e. The maximum atomic E-state index is 13.5. The Balaban J connectivity index is 1.41. The highest BCUT2D eigenvalue weighted by atomic mass is 16.1. The topological polar surface area (TPSA) is 51.3 Å². The van der Waals surface area contributed by atoms with Gasteiger partial charge >= 0.3 is 0 Å². The van der Waals surface area contributed by atoms with E-state index in [0.717, 1.165) is 55.4 Å². The van der Waals surface area contributed by atoms with Crippen LogP contribution < -0.4 is 11.3 Å². The van der Waals surface area contributed by atoms with Crippen LogP contribution in [0, 0.1) is 5.92 Å². The molecule has 2 N–H and O–H groups in total. The number of piperidine rings is 1. The van der Waals surface area contributed by atoms with Crippen LogP contribution in [0.3, 0.4) is 0 Å². The van der Waals surface area contributed by atoms with Gasteiger partial charge in [-0.05, 0) is 88.8 Å². The predicted octanol–water partition coefficient (Wildman–Crippen LogP) is 5.49. The Morgan fingerprint density at radius 1 is 0.938 bits per heavy atom. The van der Waals surface area contributed by atoms with Gasteiger partial charge in [0.15, 0.2) is 0 Å². The summed E-state index contributed by atoms with van der Waals surface area (Å²) in [6.45, 7) is 6.78. The highest BCUT2D eigenvalue weighted by Gasteiger charge is 2.24. The number of likely N-dealkylation sites (tertiary alicyclic amines) is 1. The molecular weight excluding hydrogens is 394 g/mol. The quantitative estimate of drug-likeness (QED) is 0.555. The molecule has 2 unspecified atom stereocenters. The molecule has 1 saturated carbocycles. The first kappa shape index (κ1) is 23.5. The maximum absolute atomic E-state index is 13.5. The second-order valence-electron chi connectivity index (χ2n) is 10.6. The van der Waals surface area contributed by atoms with Crippen molar-refractivity contribution in [2.75, 3.05) is 6.54 Å². The zero-order chi connectivity index (χ0) is 22.5. The molecule has 2 fully saturated rings. The molecular formula is C28H43N3O. The van der Waals surface area contributed by atoms with E-state index in [1.54, 1.807) is 0 Å². The average molecular weight is 438 g/mol. The molecule has 32 heavy (non-hydrogen) atoms. The zero-order valence-electron chi connectivity index (χ0n) is 20.3. The Kier molecular flexibility index (Phi) is 8.07. The second kappa shape index (κ2) is 11.0. The van der Waals surface area contributed by atoms with E-state index in [2.05, 4.69) is 53.6 Å². The summed E-state index contributed by atoms with van der Waals surface area (Å²) in [5.74, 6) is 0.551. The Bertz CT molecular complexity index is 926. The van der Waals surface area contributed by atoms with E-state index in [-0.39, 0.29) is 5.56 Å². The van der Waals surface area contributed by atoms with Crippen molar-refractivity contribution in [3.63, 3.8) is 0 Å². The van der Waals surface area contributed by atoms with Crippen LogP contribution in [0.25, 0.3) is 10.9 Å². The van der Waals surface area contributed by atoms with Crippen molar-refractivity contribution >= 4 is 10.9 Å². The molecule has 1 saturated heterocycles. The molecule has 0 amide bonds. The number of fused-ring (bicyclic) bond motifs is 1. The van der Waals surface area contributed by atoms with Gasteiger partial charge < -0.3 is 10.3 Å². The number of nitrogens with two attached hydrogens (primary N) is 1. The second-order valence-corrected chi connectivity index (χ2v) is 10.6. The largest absolute Gasteiger partial charge is 0.328 e. The minimum atomic E-state index is 0.223. The maximum Gasteiger partial charge on any atom is 0.254 e. The van der Waals surface area contributed by atoms with Crippen LogP contribution in [-0.4, -0.2) is 34.1 Å². The number of nitrogens with zero attached hydrogens (tertiary/aromatic N) is 2. The van der Waals surface area contributed by atoms with Crippen molar-refractivity contribution in [2.45, 2.75) is 109 Å². The lowest BCUT2D eigenvalue weighted by molar-refractivity contribution is 0.101. The van der Waals surface area contributed by atoms with E-state index in [4.69, 9.17) is 5.73 Å². The number of aryl methyl sites for hydroxylation is 1. The highest BCUT2D eigenvalue weighted by molar-refractivity contribution is 5.79. The summed E-state index contributed by atoms with van der Waals surface area (Å²) in [6.07, 6.45) is 13.0. The summed E-state index contributed by atoms with van der Waals surface area (Å²) in [5.41, 5.74) is 8.51. The summed E-state index contributed by atoms with van der Waals surface area (Å²) < 4.78 is 2.06. The van der Waals surface area contributed by atoms with Gasteiger partial charge in [0.25, 0.3) is 5.56 Å². The van der Waals surface area contributed by atoms with Crippen LogP contribution in [0.4, 0.5) is 0 Å². The number of para-hydroxylation sites is 1. The molecule has 0 bridgehead atoms. The van der Waals surface area contributed by atoms with Crippen molar-refractivity contribution in [1.82, 2.24) is 9.47 Å². The molecule has 4 rings (SSSR count). The van der Waals surface area contributed by atoms with E-state index >= 15 is 0 Å². The fraction of sp³-hybridized carbons (Fsp3) is 0.679. The summed E-state index contributed by atoms with van der Waals surface area (Å²) in [7, 11) is 0. The summed E-state index contributed by atoms with van der Waals surface area (Å²) in [6, 6.07) is 12.3. The van der Waals surface area contributed by atoms with E-state index in [0.29, 0.717) is 12.0 Å². The van der Waals surface area contributed by atoms with E-state index in [1.807, 2.05) is 0 Å². The molecule has 2 aromatic rings. The average Bonchev–Trinajstić information content (AvgIpc) is 2.77. The molecule has 1 aliphatic carbocycles. The third-order valence-electron chi connectivity index (χ3n) is 8.08. The Morgan fingerprint density at radius 2 is 1.66 bits per heavy atom. The summed E-state index contributed by atoms with van der Waals surface area (Å²) in [5, 5.41) is 1.19. The van der Waals surface area contributed by atoms with E-state index in [1.165, 1.54) is 56.9 Å². The molecule has 4 nitrogen and oxygen atoms in total. The number of unbranched alkanes of at least 4 members (excludes halogenated alkanes) is 2. The van der Waals surface area contributed by atoms with Crippen molar-refractivity contribution < 1.29 is 0 Å². The first-order valence-corrected chi connectivity index (χ1v) is 13.2. The van der Waals surface area contributed by atoms with Crippen molar-refractivity contribution in [1.29, 1.82) is 0 Å². The zero-order valence-corrected chi connectivity index (χ0v) is 20.3. The van der Waals surface area contributed by atoms with Crippen LogP contribution in [-0.2, 0) is 13.0 Å². The molecule has 2 aliphatic rings. The molecule has 1 aromatic carbocycles. The van der Waals surface area contributed by atoms with Crippen molar-refractivity contribution in [3.05, 3.63) is 46.2 Å². The van der Waals surface area contributed by atoms with Crippen LogP contribution >= 0.6 is 0 Å². The molecule has 1 aromatic heterocycles. The molecule has 4 heteroatoms. The minimum absolute atomic E-state index is 0.223. The van der Waals surface area contributed by atoms with E-state index in [9.17, 15) is 4.79 Å². The lowest BCUT2D eigenvalue weighted by Crippen LogP contribution is -2.44. The Labute approximate surface area is 194 Å². The SMILES string of the molecule is C[C@@H]1CCC[C@H](C)N1CCCCCn1c(=O)c(CC2CCCC(N)C2)cc2ccccc21. The molecule has 4 atom stereocenters. The standard InChI is InChI=1S/C28H43N3O/c1-21-10-8-11-22(2)30(21)16-6-3-7-17-31-27-15-5-4-13-24(27)20-25(28(31)32)18-23-12-9-14-26(29)19-23/h4-5,13,15,20-23,26H,3,6-12,14,16-19,29H2,1-2H3/t21-,22+,23?,26?. The minimum Gasteiger partial charge on any atom is -0.328 e. The third kappa shape index (κ3) is 5.63. The Hall–Kier alpha value is -1.65. The Morgan fingerprint density at radius 3 is 2.44 bits per heavy atom. The van der Waals surface area contributed by atoms with Gasteiger partial charge in [0.1, 0.15) is 0 Å². The first-order chi connectivity index (χ1) is 15.5. The molecule has 1 aliphatic heterocycles. The number of hydrogen-bond acceptors (Lipinski definition) is 3. The van der Waals surface area contributed by atoms with E-state index < -0.39 is 0 Å². The predicted molar refractivity (Wildman–Crippen MR) is 135 cm³/mol. The molecule has 2 heterocycles. The van der Waals surface area contributed by atoms with Gasteiger partial charge in [0, 0.05) is 30.2 Å². The molecule has 0 spiro atoms. The van der Waals surface area contributed by atoms with Crippen molar-refractivity contribution in [2.24, 2.45) is 11.7 Å². The van der Waals surface area contributed by atoms with Gasteiger partial charge in [-0.1, -0.05) is 43.9 Å². The van der Waals surface area contributed by atoms with Crippen LogP contribution in [0.15, 0.2) is 35.1 Å². The van der Waals surface area contributed by atoms with Crippen LogP contribution in [0.2, 0.25) is 0 Å². The lowest BCUT2D eigenvalue weighted by Gasteiger charge is -2.39. The number of aromatic nitrogens is 1. The number of benzene rings is 1. The fourth-order valence-electron chi connectivity index (χ4n) is 6.24. The number of pyridine rings is 1. The fourth-order valence-corrected chi connectivity index (χ4v) is 6.24. The monoisotopic (exact) mass is 437 g/mol. The molecule has 0 radical (unpaired) electrons. The highest BCUT2D eigenvalue weighted by Crippen LogP contribution is 2.27. The van der Waals surface area contributed by atoms with Gasteiger partial charge in [-0.3, -0.25) is 9.69 Å². The van der Waals surface area contributed by atoms with Gasteiger partial charge in [-0.2, -0.15) is 0 Å². The van der Waals surface area contributed by atoms with Crippen molar-refractivity contribution in [3.8, 4) is 0 Å². The third-order valence-corrected chi connectivity index (χ3v) is 8.08. The normalized spacial score (nSPS) is 27.1. The van der Waals surface area contributed by atoms with Gasteiger partial charge in [0.2, 0.25) is 0 Å². The van der Waals surface area contributed by atoms with Crippen LogP contribution in [0.1, 0.15) is 83.6 Å². The first-order valence-electron chi connectivity index (χ1n) is 13.2. The van der Waals surface area contributed by atoms with Gasteiger partial charge in [-0.15, -0.1) is 0 Å². The summed E-state index contributed by atoms with van der Waals surface area (Å²) in [4.78, 5) is 16.2. The van der Waals surface area contributed by atoms with Crippen LogP contribution in [0.5, 0.6) is 0 Å². The molecule has 176 valence electrons.